The summed E-state index contributed by atoms with van der Waals surface area (Å²) in [5.41, 5.74) is 9.54. The van der Waals surface area contributed by atoms with Crippen molar-refractivity contribution in [2.75, 3.05) is 5.73 Å². The molecular weight excluding hydrogens is 384 g/mol. The predicted octanol–water partition coefficient (Wildman–Crippen LogP) is 4.83. The van der Waals surface area contributed by atoms with Crippen molar-refractivity contribution in [1.82, 2.24) is 15.0 Å². The van der Waals surface area contributed by atoms with Crippen LogP contribution in [0.15, 0.2) is 76.9 Å². The standard InChI is InChI=1S/C22H14N4O2S/c23-19-18-14(17-7-4-10-29-17)11-15(16-12-24-8-9-25-16)26-22(18)28-21(19)20(27)13-5-2-1-3-6-13/h1-12H,23H2. The quantitative estimate of drug-likeness (QED) is 0.436. The number of nitrogens with two attached hydrogens (primary N) is 1. The summed E-state index contributed by atoms with van der Waals surface area (Å²) in [4.78, 5) is 27.0. The average molecular weight is 398 g/mol. The van der Waals surface area contributed by atoms with E-state index in [2.05, 4.69) is 15.0 Å². The molecule has 29 heavy (non-hydrogen) atoms. The second-order valence-electron chi connectivity index (χ2n) is 6.34. The van der Waals surface area contributed by atoms with Crippen molar-refractivity contribution in [2.24, 2.45) is 0 Å². The monoisotopic (exact) mass is 398 g/mol. The molecule has 0 saturated carbocycles. The summed E-state index contributed by atoms with van der Waals surface area (Å²) in [6, 6.07) is 14.8. The molecule has 5 aromatic rings. The molecule has 7 heteroatoms. The maximum Gasteiger partial charge on any atom is 0.230 e. The van der Waals surface area contributed by atoms with E-state index in [0.717, 1.165) is 10.4 Å². The van der Waals surface area contributed by atoms with Gasteiger partial charge in [-0.15, -0.1) is 11.3 Å². The van der Waals surface area contributed by atoms with Gasteiger partial charge in [0, 0.05) is 28.4 Å². The first kappa shape index (κ1) is 17.3. The number of ketones is 1. The van der Waals surface area contributed by atoms with Crippen LogP contribution in [0.4, 0.5) is 5.69 Å². The highest BCUT2D eigenvalue weighted by atomic mass is 32.1. The van der Waals surface area contributed by atoms with Gasteiger partial charge in [-0.25, -0.2) is 4.98 Å². The summed E-state index contributed by atoms with van der Waals surface area (Å²) in [6.45, 7) is 0. The Morgan fingerprint density at radius 3 is 2.62 bits per heavy atom. The SMILES string of the molecule is Nc1c(C(=O)c2ccccc2)oc2nc(-c3cnccn3)cc(-c3cccs3)c12. The Morgan fingerprint density at radius 1 is 1.03 bits per heavy atom. The molecule has 4 aromatic heterocycles. The van der Waals surface area contributed by atoms with Crippen LogP contribution in [0.3, 0.4) is 0 Å². The number of nitrogen functional groups attached to an aromatic ring is 1. The minimum atomic E-state index is -0.278. The molecule has 4 heterocycles. The Hall–Kier alpha value is -3.84. The number of hydrogen-bond donors (Lipinski definition) is 1. The molecule has 0 unspecified atom stereocenters. The Labute approximate surface area is 169 Å². The van der Waals surface area contributed by atoms with Gasteiger partial charge in [0.1, 0.15) is 5.69 Å². The second-order valence-corrected chi connectivity index (χ2v) is 7.29. The summed E-state index contributed by atoms with van der Waals surface area (Å²) >= 11 is 1.57. The van der Waals surface area contributed by atoms with Crippen LogP contribution in [0.1, 0.15) is 16.1 Å². The van der Waals surface area contributed by atoms with E-state index < -0.39 is 0 Å². The molecule has 0 aliphatic carbocycles. The molecule has 0 saturated heterocycles. The van der Waals surface area contributed by atoms with Crippen molar-refractivity contribution >= 4 is 33.9 Å². The first-order chi connectivity index (χ1) is 14.2. The lowest BCUT2D eigenvalue weighted by molar-refractivity contribution is 0.101. The number of thiophene rings is 1. The number of fused-ring (bicyclic) bond motifs is 1. The number of aromatic nitrogens is 3. The van der Waals surface area contributed by atoms with E-state index in [1.165, 1.54) is 0 Å². The Kier molecular flexibility index (Phi) is 4.14. The number of carbonyl (C=O) groups is 1. The van der Waals surface area contributed by atoms with Crippen molar-refractivity contribution in [1.29, 1.82) is 0 Å². The zero-order valence-electron chi connectivity index (χ0n) is 15.1. The summed E-state index contributed by atoms with van der Waals surface area (Å²) in [5, 5.41) is 2.61. The van der Waals surface area contributed by atoms with Crippen LogP contribution < -0.4 is 5.73 Å². The first-order valence-corrected chi connectivity index (χ1v) is 9.73. The van der Waals surface area contributed by atoms with E-state index in [0.29, 0.717) is 28.1 Å². The Balaban J connectivity index is 1.76. The molecule has 140 valence electrons. The molecule has 5 rings (SSSR count). The van der Waals surface area contributed by atoms with E-state index in [9.17, 15) is 4.79 Å². The van der Waals surface area contributed by atoms with Gasteiger partial charge >= 0.3 is 0 Å². The highest BCUT2D eigenvalue weighted by Crippen LogP contribution is 2.40. The van der Waals surface area contributed by atoms with Crippen molar-refractivity contribution in [2.45, 2.75) is 0 Å². The summed E-state index contributed by atoms with van der Waals surface area (Å²) in [5.74, 6) is -0.188. The first-order valence-electron chi connectivity index (χ1n) is 8.85. The molecule has 2 N–H and O–H groups in total. The lowest BCUT2D eigenvalue weighted by Crippen LogP contribution is -2.02. The summed E-state index contributed by atoms with van der Waals surface area (Å²) in [6.07, 6.45) is 4.84. The van der Waals surface area contributed by atoms with Gasteiger partial charge in [0.25, 0.3) is 0 Å². The van der Waals surface area contributed by atoms with Crippen LogP contribution in [-0.4, -0.2) is 20.7 Å². The fraction of sp³-hybridized carbons (Fsp3) is 0. The van der Waals surface area contributed by atoms with Crippen molar-refractivity contribution in [3.63, 3.8) is 0 Å². The van der Waals surface area contributed by atoms with Gasteiger partial charge in [-0.2, -0.15) is 0 Å². The van der Waals surface area contributed by atoms with Gasteiger partial charge in [-0.3, -0.25) is 14.8 Å². The number of carbonyl (C=O) groups excluding carboxylic acids is 1. The second kappa shape index (κ2) is 6.96. The lowest BCUT2D eigenvalue weighted by atomic mass is 10.0. The van der Waals surface area contributed by atoms with Gasteiger partial charge in [0.05, 0.1) is 23.0 Å². The van der Waals surface area contributed by atoms with Crippen LogP contribution >= 0.6 is 11.3 Å². The van der Waals surface area contributed by atoms with E-state index in [-0.39, 0.29) is 17.2 Å². The molecule has 0 aliphatic rings. The fourth-order valence-electron chi connectivity index (χ4n) is 3.20. The molecule has 0 amide bonds. The highest BCUT2D eigenvalue weighted by molar-refractivity contribution is 7.13. The largest absolute Gasteiger partial charge is 0.432 e. The van der Waals surface area contributed by atoms with Crippen LogP contribution in [0.25, 0.3) is 32.9 Å². The van der Waals surface area contributed by atoms with Gasteiger partial charge in [-0.1, -0.05) is 36.4 Å². The summed E-state index contributed by atoms with van der Waals surface area (Å²) < 4.78 is 5.89. The van der Waals surface area contributed by atoms with E-state index in [1.807, 2.05) is 29.6 Å². The molecule has 0 radical (unpaired) electrons. The van der Waals surface area contributed by atoms with E-state index in [4.69, 9.17) is 10.2 Å². The zero-order chi connectivity index (χ0) is 19.8. The van der Waals surface area contributed by atoms with Gasteiger partial charge < -0.3 is 10.2 Å². The molecule has 1 aromatic carbocycles. The number of pyridine rings is 1. The highest BCUT2D eigenvalue weighted by Gasteiger charge is 2.24. The molecule has 0 aliphatic heterocycles. The maximum absolute atomic E-state index is 13.0. The molecular formula is C22H14N4O2S. The topological polar surface area (TPSA) is 94.9 Å². The number of rotatable bonds is 4. The van der Waals surface area contributed by atoms with Crippen molar-refractivity contribution < 1.29 is 9.21 Å². The molecule has 0 spiro atoms. The smallest absolute Gasteiger partial charge is 0.230 e. The fourth-order valence-corrected chi connectivity index (χ4v) is 3.95. The third-order valence-electron chi connectivity index (χ3n) is 4.55. The molecule has 0 atom stereocenters. The number of nitrogens with zero attached hydrogens (tertiary/aromatic N) is 3. The number of benzene rings is 1. The maximum atomic E-state index is 13.0. The zero-order valence-corrected chi connectivity index (χ0v) is 15.9. The van der Waals surface area contributed by atoms with Crippen LogP contribution in [0.5, 0.6) is 0 Å². The van der Waals surface area contributed by atoms with E-state index >= 15 is 0 Å². The van der Waals surface area contributed by atoms with E-state index in [1.54, 1.807) is 54.2 Å². The van der Waals surface area contributed by atoms with Crippen LogP contribution in [0.2, 0.25) is 0 Å². The summed E-state index contributed by atoms with van der Waals surface area (Å²) in [7, 11) is 0. The number of furan rings is 1. The number of anilines is 1. The number of hydrogen-bond acceptors (Lipinski definition) is 7. The third-order valence-corrected chi connectivity index (χ3v) is 5.46. The predicted molar refractivity (Wildman–Crippen MR) is 113 cm³/mol. The van der Waals surface area contributed by atoms with Crippen LogP contribution in [-0.2, 0) is 0 Å². The van der Waals surface area contributed by atoms with Gasteiger partial charge in [0.15, 0.2) is 0 Å². The molecule has 0 fully saturated rings. The minimum Gasteiger partial charge on any atom is -0.432 e. The molecule has 6 nitrogen and oxygen atoms in total. The average Bonchev–Trinajstić information content (AvgIpc) is 3.42. The van der Waals surface area contributed by atoms with Crippen LogP contribution in [0, 0.1) is 0 Å². The normalized spacial score (nSPS) is 11.0. The Morgan fingerprint density at radius 2 is 1.90 bits per heavy atom. The van der Waals surface area contributed by atoms with Crippen molar-refractivity contribution in [3.8, 4) is 21.8 Å². The minimum absolute atomic E-state index is 0.0906. The Bertz CT molecular complexity index is 1310. The third kappa shape index (κ3) is 2.97. The van der Waals surface area contributed by atoms with Gasteiger partial charge in [-0.05, 0) is 17.5 Å². The molecule has 0 bridgehead atoms. The van der Waals surface area contributed by atoms with Crippen molar-refractivity contribution in [3.05, 3.63) is 83.8 Å². The lowest BCUT2D eigenvalue weighted by Gasteiger charge is -2.05. The van der Waals surface area contributed by atoms with Gasteiger partial charge in [0.2, 0.25) is 17.3 Å².